The molecular weight excluding hydrogens is 368 g/mol. The molecule has 0 amide bonds. The van der Waals surface area contributed by atoms with Crippen molar-refractivity contribution in [3.63, 3.8) is 0 Å². The minimum Gasteiger partial charge on any atom is -0.396 e. The van der Waals surface area contributed by atoms with Gasteiger partial charge in [0.1, 0.15) is 11.8 Å². The van der Waals surface area contributed by atoms with Crippen LogP contribution in [0.15, 0.2) is 11.1 Å². The quantitative estimate of drug-likeness (QED) is 0.389. The van der Waals surface area contributed by atoms with Crippen LogP contribution < -0.4 is 0 Å². The van der Waals surface area contributed by atoms with Gasteiger partial charge in [-0.05, 0) is 28.8 Å². The molecule has 0 saturated heterocycles. The molecule has 122 valence electrons. The highest BCUT2D eigenvalue weighted by molar-refractivity contribution is 9.10. The SMILES string of the molecule is CCCCCCCC(CCO)n1c(Br)nc2c(Cl)ncnc21. The maximum atomic E-state index is 9.39. The molecule has 0 saturated carbocycles. The summed E-state index contributed by atoms with van der Waals surface area (Å²) in [6.45, 7) is 2.36. The summed E-state index contributed by atoms with van der Waals surface area (Å²) < 4.78 is 2.72. The molecule has 7 heteroatoms. The Labute approximate surface area is 144 Å². The first kappa shape index (κ1) is 17.6. The van der Waals surface area contributed by atoms with Crippen LogP contribution in [0.2, 0.25) is 5.15 Å². The summed E-state index contributed by atoms with van der Waals surface area (Å²) in [7, 11) is 0. The van der Waals surface area contributed by atoms with E-state index in [2.05, 4.69) is 37.8 Å². The van der Waals surface area contributed by atoms with Crippen LogP contribution >= 0.6 is 27.5 Å². The second-order valence-electron chi connectivity index (χ2n) is 5.46. The van der Waals surface area contributed by atoms with Crippen LogP contribution in [-0.2, 0) is 0 Å². The minimum absolute atomic E-state index is 0.143. The molecule has 2 aromatic rings. The van der Waals surface area contributed by atoms with Gasteiger partial charge in [0, 0.05) is 12.6 Å². The Morgan fingerprint density at radius 2 is 2.00 bits per heavy atom. The average Bonchev–Trinajstić information content (AvgIpc) is 2.84. The lowest BCUT2D eigenvalue weighted by Gasteiger charge is -2.19. The Balaban J connectivity index is 2.17. The molecule has 0 spiro atoms. The van der Waals surface area contributed by atoms with E-state index in [4.69, 9.17) is 11.6 Å². The van der Waals surface area contributed by atoms with Crippen LogP contribution in [0.5, 0.6) is 0 Å². The number of fused-ring (bicyclic) bond motifs is 1. The van der Waals surface area contributed by atoms with Gasteiger partial charge in [0.05, 0.1) is 0 Å². The summed E-state index contributed by atoms with van der Waals surface area (Å²) >= 11 is 9.58. The predicted octanol–water partition coefficient (Wildman–Crippen LogP) is 4.53. The second kappa shape index (κ2) is 8.79. The zero-order chi connectivity index (χ0) is 15.9. The van der Waals surface area contributed by atoms with E-state index >= 15 is 0 Å². The number of hydrogen-bond acceptors (Lipinski definition) is 4. The number of hydrogen-bond donors (Lipinski definition) is 1. The van der Waals surface area contributed by atoms with Crippen LogP contribution in [0, 0.1) is 0 Å². The Morgan fingerprint density at radius 1 is 1.23 bits per heavy atom. The molecule has 1 unspecified atom stereocenters. The molecule has 22 heavy (non-hydrogen) atoms. The molecule has 1 N–H and O–H groups in total. The Morgan fingerprint density at radius 3 is 2.73 bits per heavy atom. The molecule has 0 aliphatic rings. The van der Waals surface area contributed by atoms with Crippen molar-refractivity contribution in [1.82, 2.24) is 19.5 Å². The number of aliphatic hydroxyl groups is 1. The zero-order valence-electron chi connectivity index (χ0n) is 12.8. The molecule has 1 atom stereocenters. The van der Waals surface area contributed by atoms with Gasteiger partial charge in [-0.3, -0.25) is 4.57 Å². The number of aliphatic hydroxyl groups excluding tert-OH is 1. The summed E-state index contributed by atoms with van der Waals surface area (Å²) in [6.07, 6.45) is 9.27. The molecule has 0 aliphatic carbocycles. The van der Waals surface area contributed by atoms with Gasteiger partial charge in [-0.1, -0.05) is 50.6 Å². The highest BCUT2D eigenvalue weighted by Crippen LogP contribution is 2.30. The number of unbranched alkanes of at least 4 members (excludes halogenated alkanes) is 4. The van der Waals surface area contributed by atoms with E-state index in [0.717, 1.165) is 18.5 Å². The summed E-state index contributed by atoms with van der Waals surface area (Å²) in [5, 5.41) is 9.74. The van der Waals surface area contributed by atoms with Gasteiger partial charge in [-0.25, -0.2) is 15.0 Å². The maximum Gasteiger partial charge on any atom is 0.179 e. The summed E-state index contributed by atoms with van der Waals surface area (Å²) in [5.74, 6) is 0. The van der Waals surface area contributed by atoms with Crippen molar-refractivity contribution >= 4 is 38.7 Å². The Bertz CT molecular complexity index is 604. The van der Waals surface area contributed by atoms with Crippen LogP contribution in [0.25, 0.3) is 11.2 Å². The molecular formula is C15H22BrClN4O. The first-order chi connectivity index (χ1) is 10.7. The van der Waals surface area contributed by atoms with Crippen molar-refractivity contribution in [3.8, 4) is 0 Å². The van der Waals surface area contributed by atoms with Crippen LogP contribution in [0.1, 0.15) is 57.9 Å². The van der Waals surface area contributed by atoms with Crippen LogP contribution in [0.4, 0.5) is 0 Å². The molecule has 2 heterocycles. The van der Waals surface area contributed by atoms with E-state index < -0.39 is 0 Å². The summed E-state index contributed by atoms with van der Waals surface area (Å²) in [4.78, 5) is 12.7. The van der Waals surface area contributed by atoms with Crippen LogP contribution in [-0.4, -0.2) is 31.2 Å². The van der Waals surface area contributed by atoms with Crippen molar-refractivity contribution in [2.24, 2.45) is 0 Å². The van der Waals surface area contributed by atoms with Gasteiger partial charge in [0.2, 0.25) is 0 Å². The lowest BCUT2D eigenvalue weighted by molar-refractivity contribution is 0.250. The molecule has 2 rings (SSSR count). The van der Waals surface area contributed by atoms with Crippen molar-refractivity contribution in [1.29, 1.82) is 0 Å². The summed E-state index contributed by atoms with van der Waals surface area (Å²) in [6, 6.07) is 0.164. The van der Waals surface area contributed by atoms with Gasteiger partial charge in [-0.15, -0.1) is 0 Å². The molecule has 5 nitrogen and oxygen atoms in total. The molecule has 0 fully saturated rings. The van der Waals surface area contributed by atoms with Crippen LogP contribution in [0.3, 0.4) is 0 Å². The van der Waals surface area contributed by atoms with E-state index in [1.807, 2.05) is 4.57 Å². The summed E-state index contributed by atoms with van der Waals surface area (Å²) in [5.41, 5.74) is 1.32. The van der Waals surface area contributed by atoms with Crippen molar-refractivity contribution < 1.29 is 5.11 Å². The number of nitrogens with zero attached hydrogens (tertiary/aromatic N) is 4. The second-order valence-corrected chi connectivity index (χ2v) is 6.52. The normalized spacial score (nSPS) is 12.9. The number of rotatable bonds is 9. The smallest absolute Gasteiger partial charge is 0.179 e. The highest BCUT2D eigenvalue weighted by atomic mass is 79.9. The monoisotopic (exact) mass is 388 g/mol. The fourth-order valence-corrected chi connectivity index (χ4v) is 3.52. The first-order valence-electron chi connectivity index (χ1n) is 7.83. The first-order valence-corrected chi connectivity index (χ1v) is 9.00. The van der Waals surface area contributed by atoms with Gasteiger partial charge in [-0.2, -0.15) is 0 Å². The lowest BCUT2D eigenvalue weighted by Crippen LogP contribution is -2.12. The Kier molecular flexibility index (Phi) is 7.05. The predicted molar refractivity (Wildman–Crippen MR) is 92.1 cm³/mol. The van der Waals surface area contributed by atoms with E-state index in [-0.39, 0.29) is 12.6 Å². The maximum absolute atomic E-state index is 9.39. The fourth-order valence-electron chi connectivity index (χ4n) is 2.71. The highest BCUT2D eigenvalue weighted by Gasteiger charge is 2.20. The largest absolute Gasteiger partial charge is 0.396 e. The Hall–Kier alpha value is -0.720. The minimum atomic E-state index is 0.143. The zero-order valence-corrected chi connectivity index (χ0v) is 15.1. The van der Waals surface area contributed by atoms with E-state index in [9.17, 15) is 5.11 Å². The number of aromatic nitrogens is 4. The number of halogens is 2. The van der Waals surface area contributed by atoms with Gasteiger partial charge in [0.15, 0.2) is 15.5 Å². The number of imidazole rings is 1. The van der Waals surface area contributed by atoms with Gasteiger partial charge >= 0.3 is 0 Å². The van der Waals surface area contributed by atoms with Crippen molar-refractivity contribution in [3.05, 3.63) is 16.2 Å². The average molecular weight is 390 g/mol. The molecule has 2 aromatic heterocycles. The van der Waals surface area contributed by atoms with Gasteiger partial charge in [0.25, 0.3) is 0 Å². The third-order valence-electron chi connectivity index (χ3n) is 3.86. The lowest BCUT2D eigenvalue weighted by atomic mass is 10.0. The van der Waals surface area contributed by atoms with E-state index in [0.29, 0.717) is 21.8 Å². The van der Waals surface area contributed by atoms with E-state index in [1.165, 1.54) is 32.0 Å². The van der Waals surface area contributed by atoms with Crippen molar-refractivity contribution in [2.45, 2.75) is 57.9 Å². The van der Waals surface area contributed by atoms with E-state index in [1.54, 1.807) is 0 Å². The third-order valence-corrected chi connectivity index (χ3v) is 4.69. The fraction of sp³-hybridized carbons (Fsp3) is 0.667. The van der Waals surface area contributed by atoms with Gasteiger partial charge < -0.3 is 5.11 Å². The standard InChI is InChI=1S/C15H22BrClN4O/c1-2-3-4-5-6-7-11(8-9-22)21-14-12(20-15(21)16)13(17)18-10-19-14/h10-11,22H,2-9H2,1H3. The molecule has 0 aliphatic heterocycles. The van der Waals surface area contributed by atoms with Crippen molar-refractivity contribution in [2.75, 3.05) is 6.61 Å². The molecule has 0 radical (unpaired) electrons. The molecule has 0 bridgehead atoms. The topological polar surface area (TPSA) is 63.8 Å². The molecule has 0 aromatic carbocycles. The third kappa shape index (κ3) is 4.18.